The number of carbonyl (C=O) groups is 1. The molecular weight excluding hydrogens is 300 g/mol. The molecule has 0 saturated heterocycles. The monoisotopic (exact) mass is 318 g/mol. The lowest BCUT2D eigenvalue weighted by Gasteiger charge is -2.08. The second kappa shape index (κ2) is 7.37. The van der Waals surface area contributed by atoms with Crippen LogP contribution in [0.15, 0.2) is 65.8 Å². The van der Waals surface area contributed by atoms with Gasteiger partial charge in [0.05, 0.1) is 18.5 Å². The number of rotatable bonds is 5. The summed E-state index contributed by atoms with van der Waals surface area (Å²) in [4.78, 5) is 16.2. The van der Waals surface area contributed by atoms with Crippen molar-refractivity contribution < 1.29 is 4.79 Å². The van der Waals surface area contributed by atoms with E-state index in [1.807, 2.05) is 67.6 Å². The van der Waals surface area contributed by atoms with Crippen molar-refractivity contribution in [2.75, 3.05) is 11.9 Å². The molecule has 3 rings (SSSR count). The SMILES string of the molecule is Cc1cccc(/C=N\NC(=O)CNc2cccc3ccccc23)n1. The Morgan fingerprint density at radius 2 is 1.88 bits per heavy atom. The first-order valence-corrected chi connectivity index (χ1v) is 7.69. The van der Waals surface area contributed by atoms with Crippen LogP contribution in [0.4, 0.5) is 5.69 Å². The Labute approximate surface area is 140 Å². The average molecular weight is 318 g/mol. The summed E-state index contributed by atoms with van der Waals surface area (Å²) in [6.45, 7) is 2.05. The molecular formula is C19H18N4O. The zero-order valence-corrected chi connectivity index (χ0v) is 13.4. The fraction of sp³-hybridized carbons (Fsp3) is 0.105. The lowest BCUT2D eigenvalue weighted by Crippen LogP contribution is -2.26. The van der Waals surface area contributed by atoms with E-state index in [2.05, 4.69) is 20.8 Å². The second-order valence-electron chi connectivity index (χ2n) is 5.38. The summed E-state index contributed by atoms with van der Waals surface area (Å²) < 4.78 is 0. The predicted octanol–water partition coefficient (Wildman–Crippen LogP) is 3.11. The van der Waals surface area contributed by atoms with Crippen LogP contribution in [0.3, 0.4) is 0 Å². The highest BCUT2D eigenvalue weighted by molar-refractivity contribution is 5.95. The molecule has 1 amide bonds. The third kappa shape index (κ3) is 3.95. The van der Waals surface area contributed by atoms with Crippen LogP contribution in [0.1, 0.15) is 11.4 Å². The standard InChI is InChI=1S/C19H18N4O/c1-14-6-4-9-16(22-14)12-21-23-19(24)13-20-18-11-5-8-15-7-2-3-10-17(15)18/h2-12,20H,13H2,1H3,(H,23,24)/b21-12-. The van der Waals surface area contributed by atoms with Crippen molar-refractivity contribution in [2.45, 2.75) is 6.92 Å². The van der Waals surface area contributed by atoms with Crippen molar-refractivity contribution in [3.05, 3.63) is 72.1 Å². The van der Waals surface area contributed by atoms with Gasteiger partial charge in [-0.05, 0) is 30.5 Å². The lowest BCUT2D eigenvalue weighted by molar-refractivity contribution is -0.119. The number of aromatic nitrogens is 1. The van der Waals surface area contributed by atoms with Gasteiger partial charge in [-0.15, -0.1) is 0 Å². The normalized spacial score (nSPS) is 10.9. The van der Waals surface area contributed by atoms with E-state index < -0.39 is 0 Å². The van der Waals surface area contributed by atoms with Crippen molar-refractivity contribution in [2.24, 2.45) is 5.10 Å². The van der Waals surface area contributed by atoms with E-state index in [9.17, 15) is 4.79 Å². The molecule has 5 nitrogen and oxygen atoms in total. The van der Waals surface area contributed by atoms with Gasteiger partial charge in [0.2, 0.25) is 0 Å². The van der Waals surface area contributed by atoms with Gasteiger partial charge in [0, 0.05) is 16.8 Å². The summed E-state index contributed by atoms with van der Waals surface area (Å²) in [5.41, 5.74) is 5.03. The van der Waals surface area contributed by atoms with Gasteiger partial charge in [0.25, 0.3) is 5.91 Å². The number of hydrogen-bond acceptors (Lipinski definition) is 4. The number of amides is 1. The van der Waals surface area contributed by atoms with E-state index in [0.717, 1.165) is 22.2 Å². The molecule has 0 radical (unpaired) electrons. The second-order valence-corrected chi connectivity index (χ2v) is 5.38. The van der Waals surface area contributed by atoms with Crippen molar-refractivity contribution in [1.29, 1.82) is 0 Å². The summed E-state index contributed by atoms with van der Waals surface area (Å²) >= 11 is 0. The molecule has 0 unspecified atom stereocenters. The van der Waals surface area contributed by atoms with Crippen LogP contribution in [-0.2, 0) is 4.79 Å². The van der Waals surface area contributed by atoms with Crippen LogP contribution in [-0.4, -0.2) is 23.7 Å². The largest absolute Gasteiger partial charge is 0.376 e. The smallest absolute Gasteiger partial charge is 0.259 e. The van der Waals surface area contributed by atoms with Gasteiger partial charge < -0.3 is 5.32 Å². The molecule has 0 spiro atoms. The van der Waals surface area contributed by atoms with Crippen LogP contribution >= 0.6 is 0 Å². The average Bonchev–Trinajstić information content (AvgIpc) is 2.60. The summed E-state index contributed by atoms with van der Waals surface area (Å²) in [5.74, 6) is -0.216. The van der Waals surface area contributed by atoms with E-state index in [0.29, 0.717) is 5.69 Å². The van der Waals surface area contributed by atoms with E-state index in [-0.39, 0.29) is 12.5 Å². The van der Waals surface area contributed by atoms with Crippen molar-refractivity contribution >= 4 is 28.6 Å². The van der Waals surface area contributed by atoms with Crippen LogP contribution in [0, 0.1) is 6.92 Å². The first-order chi connectivity index (χ1) is 11.7. The fourth-order valence-corrected chi connectivity index (χ4v) is 2.40. The highest BCUT2D eigenvalue weighted by Gasteiger charge is 2.03. The molecule has 0 atom stereocenters. The summed E-state index contributed by atoms with van der Waals surface area (Å²) in [6.07, 6.45) is 1.53. The lowest BCUT2D eigenvalue weighted by atomic mass is 10.1. The van der Waals surface area contributed by atoms with Gasteiger partial charge >= 0.3 is 0 Å². The van der Waals surface area contributed by atoms with Crippen LogP contribution in [0.25, 0.3) is 10.8 Å². The summed E-state index contributed by atoms with van der Waals surface area (Å²) in [5, 5.41) is 9.29. The minimum atomic E-state index is -0.216. The molecule has 24 heavy (non-hydrogen) atoms. The highest BCUT2D eigenvalue weighted by atomic mass is 16.2. The minimum Gasteiger partial charge on any atom is -0.376 e. The third-order valence-corrected chi connectivity index (χ3v) is 3.52. The number of carbonyl (C=O) groups excluding carboxylic acids is 1. The first kappa shape index (κ1) is 15.7. The zero-order valence-electron chi connectivity index (χ0n) is 13.4. The van der Waals surface area contributed by atoms with Crippen molar-refractivity contribution in [1.82, 2.24) is 10.4 Å². The maximum Gasteiger partial charge on any atom is 0.259 e. The summed E-state index contributed by atoms with van der Waals surface area (Å²) in [6, 6.07) is 19.6. The molecule has 5 heteroatoms. The molecule has 1 heterocycles. The Morgan fingerprint density at radius 3 is 2.75 bits per heavy atom. The molecule has 2 aromatic carbocycles. The number of nitrogens with zero attached hydrogens (tertiary/aromatic N) is 2. The number of aryl methyl sites for hydroxylation is 1. The molecule has 0 aliphatic rings. The number of hydrazone groups is 1. The van der Waals surface area contributed by atoms with Gasteiger partial charge in [0.1, 0.15) is 0 Å². The van der Waals surface area contributed by atoms with Gasteiger partial charge in [-0.25, -0.2) is 5.43 Å². The highest BCUT2D eigenvalue weighted by Crippen LogP contribution is 2.22. The number of fused-ring (bicyclic) bond motifs is 1. The van der Waals surface area contributed by atoms with Crippen molar-refractivity contribution in [3.63, 3.8) is 0 Å². The first-order valence-electron chi connectivity index (χ1n) is 7.69. The Hall–Kier alpha value is -3.21. The number of benzene rings is 2. The van der Waals surface area contributed by atoms with Gasteiger partial charge in [-0.2, -0.15) is 5.10 Å². The Morgan fingerprint density at radius 1 is 1.08 bits per heavy atom. The number of anilines is 1. The quantitative estimate of drug-likeness (QED) is 0.561. The van der Waals surface area contributed by atoms with Gasteiger partial charge in [-0.3, -0.25) is 9.78 Å². The van der Waals surface area contributed by atoms with E-state index in [1.54, 1.807) is 0 Å². The molecule has 120 valence electrons. The zero-order chi connectivity index (χ0) is 16.8. The maximum atomic E-state index is 11.9. The molecule has 2 N–H and O–H groups in total. The fourth-order valence-electron chi connectivity index (χ4n) is 2.40. The molecule has 0 aliphatic carbocycles. The number of pyridine rings is 1. The molecule has 0 saturated carbocycles. The molecule has 0 fully saturated rings. The van der Waals surface area contributed by atoms with Crippen molar-refractivity contribution in [3.8, 4) is 0 Å². The molecule has 1 aromatic heterocycles. The van der Waals surface area contributed by atoms with Gasteiger partial charge in [-0.1, -0.05) is 42.5 Å². The number of nitrogens with one attached hydrogen (secondary N) is 2. The minimum absolute atomic E-state index is 0.145. The summed E-state index contributed by atoms with van der Waals surface area (Å²) in [7, 11) is 0. The van der Waals surface area contributed by atoms with E-state index in [1.165, 1.54) is 6.21 Å². The maximum absolute atomic E-state index is 11.9. The molecule has 0 aliphatic heterocycles. The van der Waals surface area contributed by atoms with E-state index in [4.69, 9.17) is 0 Å². The Bertz CT molecular complexity index is 884. The van der Waals surface area contributed by atoms with Crippen LogP contribution in [0.5, 0.6) is 0 Å². The predicted molar refractivity (Wildman–Crippen MR) is 97.1 cm³/mol. The Balaban J connectivity index is 1.57. The Kier molecular flexibility index (Phi) is 4.81. The molecule has 3 aromatic rings. The third-order valence-electron chi connectivity index (χ3n) is 3.52. The van der Waals surface area contributed by atoms with E-state index >= 15 is 0 Å². The topological polar surface area (TPSA) is 66.4 Å². The van der Waals surface area contributed by atoms with Crippen LogP contribution < -0.4 is 10.7 Å². The number of hydrogen-bond donors (Lipinski definition) is 2. The van der Waals surface area contributed by atoms with Gasteiger partial charge in [0.15, 0.2) is 0 Å². The molecule has 0 bridgehead atoms. The van der Waals surface area contributed by atoms with Crippen LogP contribution in [0.2, 0.25) is 0 Å².